The summed E-state index contributed by atoms with van der Waals surface area (Å²) in [5.41, 5.74) is 0.619. The van der Waals surface area contributed by atoms with Crippen molar-refractivity contribution in [2.45, 2.75) is 18.7 Å². The first-order valence-electron chi connectivity index (χ1n) is 5.68. The molecule has 0 saturated heterocycles. The third-order valence-electron chi connectivity index (χ3n) is 2.34. The molecular weight excluding hydrogens is 286 g/mol. The number of carboxylic acids is 1. The number of aliphatic carboxylic acids is 1. The monoisotopic (exact) mass is 301 g/mol. The smallest absolute Gasteiger partial charge is 0.374 e. The van der Waals surface area contributed by atoms with E-state index in [1.165, 1.54) is 32.1 Å². The number of nitrogens with one attached hydrogen (secondary N) is 1. The maximum Gasteiger partial charge on any atom is 0.374 e. The van der Waals surface area contributed by atoms with Crippen LogP contribution in [0.4, 0.5) is 0 Å². The quantitative estimate of drug-likeness (QED) is 0.720. The topological polar surface area (TPSA) is 106 Å². The first kappa shape index (κ1) is 16.1. The molecule has 2 N–H and O–H groups in total. The minimum Gasteiger partial charge on any atom is -0.480 e. The average molecular weight is 301 g/mol. The van der Waals surface area contributed by atoms with Crippen molar-refractivity contribution in [2.75, 3.05) is 12.9 Å². The van der Waals surface area contributed by atoms with Crippen molar-refractivity contribution in [1.82, 2.24) is 5.32 Å². The summed E-state index contributed by atoms with van der Waals surface area (Å²) in [6.07, 6.45) is 1.37. The summed E-state index contributed by atoms with van der Waals surface area (Å²) in [5.74, 6) is -1.43. The van der Waals surface area contributed by atoms with E-state index in [2.05, 4.69) is 10.1 Å². The highest BCUT2D eigenvalue weighted by molar-refractivity contribution is 7.98. The van der Waals surface area contributed by atoms with E-state index < -0.39 is 23.9 Å². The van der Waals surface area contributed by atoms with Crippen LogP contribution in [-0.2, 0) is 20.1 Å². The minimum atomic E-state index is -1.10. The van der Waals surface area contributed by atoms with Crippen LogP contribution in [0.5, 0.6) is 0 Å². The van der Waals surface area contributed by atoms with E-state index in [4.69, 9.17) is 9.52 Å². The third-order valence-corrected chi connectivity index (χ3v) is 3.42. The summed E-state index contributed by atoms with van der Waals surface area (Å²) in [6, 6.07) is 0.652. The van der Waals surface area contributed by atoms with Gasteiger partial charge in [-0.25, -0.2) is 9.59 Å². The number of esters is 1. The van der Waals surface area contributed by atoms with Gasteiger partial charge in [0.2, 0.25) is 11.7 Å². The van der Waals surface area contributed by atoms with Crippen LogP contribution < -0.4 is 5.32 Å². The number of carbonyl (C=O) groups is 3. The molecule has 1 amide bonds. The standard InChI is InChI=1S/C12H15NO6S/c1-7(14)13-9(11(15)16)6-20-5-8-3-4-19-10(8)12(17)18-2/h3-4,9H,5-6H2,1-2H3,(H,13,14)(H,15,16)/t9-/m0/s1. The molecule has 0 spiro atoms. The molecule has 0 saturated carbocycles. The Bertz CT molecular complexity index is 498. The van der Waals surface area contributed by atoms with E-state index in [9.17, 15) is 14.4 Å². The predicted molar refractivity (Wildman–Crippen MR) is 71.5 cm³/mol. The Kier molecular flexibility index (Phi) is 6.10. The summed E-state index contributed by atoms with van der Waals surface area (Å²) < 4.78 is 9.57. The van der Waals surface area contributed by atoms with Gasteiger partial charge in [-0.05, 0) is 6.07 Å². The van der Waals surface area contributed by atoms with Crippen LogP contribution in [0, 0.1) is 0 Å². The van der Waals surface area contributed by atoms with Crippen LogP contribution in [0.3, 0.4) is 0 Å². The van der Waals surface area contributed by atoms with Gasteiger partial charge in [-0.15, -0.1) is 0 Å². The molecule has 0 bridgehead atoms. The van der Waals surface area contributed by atoms with Crippen molar-refractivity contribution in [3.05, 3.63) is 23.7 Å². The number of carbonyl (C=O) groups excluding carboxylic acids is 2. The molecular formula is C12H15NO6S. The summed E-state index contributed by atoms with van der Waals surface area (Å²) in [7, 11) is 1.25. The van der Waals surface area contributed by atoms with Gasteiger partial charge in [-0.3, -0.25) is 4.79 Å². The lowest BCUT2D eigenvalue weighted by Gasteiger charge is -2.12. The predicted octanol–water partition coefficient (Wildman–Crippen LogP) is 0.889. The Balaban J connectivity index is 2.55. The number of carboxylic acid groups (broad SMARTS) is 1. The maximum absolute atomic E-state index is 11.4. The Morgan fingerprint density at radius 1 is 1.50 bits per heavy atom. The number of furan rings is 1. The molecule has 1 aromatic rings. The lowest BCUT2D eigenvalue weighted by molar-refractivity contribution is -0.140. The maximum atomic E-state index is 11.4. The molecule has 1 atom stereocenters. The number of hydrogen-bond acceptors (Lipinski definition) is 6. The lowest BCUT2D eigenvalue weighted by atomic mass is 10.3. The van der Waals surface area contributed by atoms with Crippen LogP contribution in [0.15, 0.2) is 16.7 Å². The summed E-state index contributed by atoms with van der Waals surface area (Å²) >= 11 is 1.27. The minimum absolute atomic E-state index is 0.103. The van der Waals surface area contributed by atoms with Crippen LogP contribution in [0.25, 0.3) is 0 Å². The van der Waals surface area contributed by atoms with Gasteiger partial charge < -0.3 is 19.6 Å². The van der Waals surface area contributed by atoms with Gasteiger partial charge in [-0.2, -0.15) is 11.8 Å². The number of methoxy groups -OCH3 is 1. The molecule has 0 aliphatic rings. The fourth-order valence-corrected chi connectivity index (χ4v) is 2.45. The van der Waals surface area contributed by atoms with Crippen LogP contribution >= 0.6 is 11.8 Å². The number of rotatable bonds is 7. The van der Waals surface area contributed by atoms with Gasteiger partial charge in [0.25, 0.3) is 0 Å². The first-order valence-corrected chi connectivity index (χ1v) is 6.83. The largest absolute Gasteiger partial charge is 0.480 e. The SMILES string of the molecule is COC(=O)c1occc1CSC[C@H](NC(C)=O)C(=O)O. The summed E-state index contributed by atoms with van der Waals surface area (Å²) in [4.78, 5) is 33.2. The molecule has 0 aliphatic carbocycles. The molecule has 0 radical (unpaired) electrons. The first-order chi connectivity index (χ1) is 9.45. The van der Waals surface area contributed by atoms with Crippen molar-refractivity contribution >= 4 is 29.6 Å². The Labute approximate surface area is 119 Å². The molecule has 0 unspecified atom stereocenters. The second-order valence-corrected chi connectivity index (χ2v) is 4.90. The summed E-state index contributed by atoms with van der Waals surface area (Å²) in [5, 5.41) is 11.3. The normalized spacial score (nSPS) is 11.7. The Morgan fingerprint density at radius 3 is 2.75 bits per heavy atom. The summed E-state index contributed by atoms with van der Waals surface area (Å²) in [6.45, 7) is 1.26. The van der Waals surface area contributed by atoms with Gasteiger partial charge in [0.05, 0.1) is 13.4 Å². The second-order valence-electron chi connectivity index (χ2n) is 3.87. The zero-order valence-corrected chi connectivity index (χ0v) is 11.9. The van der Waals surface area contributed by atoms with Crippen LogP contribution in [-0.4, -0.2) is 41.9 Å². The number of amides is 1. The zero-order chi connectivity index (χ0) is 15.1. The molecule has 1 heterocycles. The van der Waals surface area contributed by atoms with Crippen molar-refractivity contribution in [3.8, 4) is 0 Å². The molecule has 20 heavy (non-hydrogen) atoms. The fraction of sp³-hybridized carbons (Fsp3) is 0.417. The number of ether oxygens (including phenoxy) is 1. The third kappa shape index (κ3) is 4.61. The number of hydrogen-bond donors (Lipinski definition) is 2. The van der Waals surface area contributed by atoms with Crippen molar-refractivity contribution < 1.29 is 28.6 Å². The molecule has 1 rings (SSSR count). The van der Waals surface area contributed by atoms with Gasteiger partial charge in [-0.1, -0.05) is 0 Å². The molecule has 0 fully saturated rings. The molecule has 0 aromatic carbocycles. The van der Waals surface area contributed by atoms with E-state index in [1.807, 2.05) is 0 Å². The van der Waals surface area contributed by atoms with Crippen molar-refractivity contribution in [2.24, 2.45) is 0 Å². The molecule has 8 heteroatoms. The molecule has 0 aliphatic heterocycles. The van der Waals surface area contributed by atoms with E-state index in [1.54, 1.807) is 6.07 Å². The molecule has 1 aromatic heterocycles. The highest BCUT2D eigenvalue weighted by Crippen LogP contribution is 2.19. The van der Waals surface area contributed by atoms with Crippen molar-refractivity contribution in [1.29, 1.82) is 0 Å². The zero-order valence-electron chi connectivity index (χ0n) is 11.0. The van der Waals surface area contributed by atoms with Gasteiger partial charge in [0.1, 0.15) is 6.04 Å². The van der Waals surface area contributed by atoms with E-state index in [0.29, 0.717) is 11.3 Å². The lowest BCUT2D eigenvalue weighted by Crippen LogP contribution is -2.41. The number of thioether (sulfide) groups is 1. The molecule has 110 valence electrons. The Hall–Kier alpha value is -1.96. The average Bonchev–Trinajstić information content (AvgIpc) is 2.84. The van der Waals surface area contributed by atoms with Gasteiger partial charge in [0.15, 0.2) is 0 Å². The van der Waals surface area contributed by atoms with Gasteiger partial charge in [0, 0.05) is 24.0 Å². The fourth-order valence-electron chi connectivity index (χ4n) is 1.43. The van der Waals surface area contributed by atoms with E-state index in [0.717, 1.165) is 0 Å². The highest BCUT2D eigenvalue weighted by Gasteiger charge is 2.20. The van der Waals surface area contributed by atoms with Gasteiger partial charge >= 0.3 is 11.9 Å². The molecule has 7 nitrogen and oxygen atoms in total. The van der Waals surface area contributed by atoms with Crippen LogP contribution in [0.1, 0.15) is 23.0 Å². The Morgan fingerprint density at radius 2 is 2.20 bits per heavy atom. The van der Waals surface area contributed by atoms with E-state index in [-0.39, 0.29) is 11.5 Å². The van der Waals surface area contributed by atoms with Crippen LogP contribution in [0.2, 0.25) is 0 Å². The van der Waals surface area contributed by atoms with Crippen molar-refractivity contribution in [3.63, 3.8) is 0 Å². The highest BCUT2D eigenvalue weighted by atomic mass is 32.2. The second kappa shape index (κ2) is 7.59. The van der Waals surface area contributed by atoms with E-state index >= 15 is 0 Å².